The number of nitrogens with zero attached hydrogens (tertiary/aromatic N) is 3. The van der Waals surface area contributed by atoms with Crippen LogP contribution in [0, 0.1) is 20.8 Å². The first-order chi connectivity index (χ1) is 8.04. The molecule has 0 aliphatic rings. The lowest BCUT2D eigenvalue weighted by Gasteiger charge is -2.08. The van der Waals surface area contributed by atoms with Crippen molar-refractivity contribution in [3.05, 3.63) is 34.8 Å². The molecular formula is C13H18N4. The first-order valence-corrected chi connectivity index (χ1v) is 5.83. The van der Waals surface area contributed by atoms with Crippen molar-refractivity contribution in [1.29, 1.82) is 0 Å². The number of aromatic nitrogens is 3. The van der Waals surface area contributed by atoms with Crippen molar-refractivity contribution in [2.75, 3.05) is 5.73 Å². The number of aryl methyl sites for hydroxylation is 2. The molecule has 90 valence electrons. The third kappa shape index (κ3) is 1.90. The monoisotopic (exact) mass is 230 g/mol. The molecule has 0 atom stereocenters. The van der Waals surface area contributed by atoms with Crippen LogP contribution in [0.4, 0.5) is 5.69 Å². The van der Waals surface area contributed by atoms with E-state index in [9.17, 15) is 0 Å². The van der Waals surface area contributed by atoms with E-state index in [4.69, 9.17) is 5.73 Å². The van der Waals surface area contributed by atoms with Crippen LogP contribution in [0.3, 0.4) is 0 Å². The molecule has 2 N–H and O–H groups in total. The maximum atomic E-state index is 5.97. The summed E-state index contributed by atoms with van der Waals surface area (Å²) >= 11 is 0. The molecular weight excluding hydrogens is 212 g/mol. The number of anilines is 1. The summed E-state index contributed by atoms with van der Waals surface area (Å²) in [5.74, 6) is 0.727. The lowest BCUT2D eigenvalue weighted by Crippen LogP contribution is -2.07. The number of rotatable bonds is 2. The maximum absolute atomic E-state index is 5.97. The SMILES string of the molecule is CCc1c(C)nn(-c2nc(C)ccc2N)c1C. The standard InChI is InChI=1S/C13H18N4/c1-5-11-9(3)16-17(10(11)4)13-12(14)7-6-8(2)15-13/h6-7H,5,14H2,1-4H3. The summed E-state index contributed by atoms with van der Waals surface area (Å²) in [7, 11) is 0. The second-order valence-electron chi connectivity index (χ2n) is 4.28. The zero-order valence-electron chi connectivity index (χ0n) is 10.8. The Morgan fingerprint density at radius 2 is 1.94 bits per heavy atom. The molecule has 0 saturated carbocycles. The van der Waals surface area contributed by atoms with E-state index in [0.717, 1.165) is 29.3 Å². The topological polar surface area (TPSA) is 56.7 Å². The zero-order valence-corrected chi connectivity index (χ0v) is 10.8. The Bertz CT molecular complexity index is 555. The number of pyridine rings is 1. The lowest BCUT2D eigenvalue weighted by atomic mass is 10.1. The van der Waals surface area contributed by atoms with Crippen LogP contribution in [0.25, 0.3) is 5.82 Å². The van der Waals surface area contributed by atoms with Gasteiger partial charge in [0.2, 0.25) is 0 Å². The molecule has 2 aromatic heterocycles. The van der Waals surface area contributed by atoms with Crippen LogP contribution >= 0.6 is 0 Å². The molecule has 2 rings (SSSR count). The van der Waals surface area contributed by atoms with Crippen molar-refractivity contribution >= 4 is 5.69 Å². The van der Waals surface area contributed by atoms with Gasteiger partial charge in [-0.25, -0.2) is 9.67 Å². The average Bonchev–Trinajstić information content (AvgIpc) is 2.57. The molecule has 0 spiro atoms. The summed E-state index contributed by atoms with van der Waals surface area (Å²) in [6.07, 6.45) is 0.976. The predicted octanol–water partition coefficient (Wildman–Crippen LogP) is 2.34. The van der Waals surface area contributed by atoms with E-state index in [1.807, 2.05) is 30.7 Å². The van der Waals surface area contributed by atoms with Gasteiger partial charge >= 0.3 is 0 Å². The van der Waals surface area contributed by atoms with Crippen LogP contribution in [0.2, 0.25) is 0 Å². The highest BCUT2D eigenvalue weighted by molar-refractivity contribution is 5.54. The van der Waals surface area contributed by atoms with Crippen molar-refractivity contribution in [3.8, 4) is 5.82 Å². The van der Waals surface area contributed by atoms with Gasteiger partial charge in [-0.05, 0) is 44.9 Å². The summed E-state index contributed by atoms with van der Waals surface area (Å²) in [6, 6.07) is 3.78. The molecule has 0 radical (unpaired) electrons. The second kappa shape index (κ2) is 4.20. The van der Waals surface area contributed by atoms with Gasteiger partial charge in [0, 0.05) is 11.4 Å². The first kappa shape index (κ1) is 11.6. The van der Waals surface area contributed by atoms with Gasteiger partial charge in [0.1, 0.15) is 0 Å². The maximum Gasteiger partial charge on any atom is 0.177 e. The van der Waals surface area contributed by atoms with Crippen molar-refractivity contribution in [1.82, 2.24) is 14.8 Å². The van der Waals surface area contributed by atoms with Gasteiger partial charge in [0.05, 0.1) is 11.4 Å². The zero-order chi connectivity index (χ0) is 12.6. The van der Waals surface area contributed by atoms with Crippen LogP contribution in [0.15, 0.2) is 12.1 Å². The van der Waals surface area contributed by atoms with Gasteiger partial charge in [0.15, 0.2) is 5.82 Å². The Morgan fingerprint density at radius 3 is 2.53 bits per heavy atom. The predicted molar refractivity (Wildman–Crippen MR) is 69.4 cm³/mol. The largest absolute Gasteiger partial charge is 0.396 e. The minimum Gasteiger partial charge on any atom is -0.396 e. The van der Waals surface area contributed by atoms with E-state index in [1.54, 1.807) is 0 Å². The molecule has 4 heteroatoms. The summed E-state index contributed by atoms with van der Waals surface area (Å²) in [4.78, 5) is 4.47. The Hall–Kier alpha value is -1.84. The van der Waals surface area contributed by atoms with Gasteiger partial charge in [-0.3, -0.25) is 0 Å². The Balaban J connectivity index is 2.64. The highest BCUT2D eigenvalue weighted by Crippen LogP contribution is 2.21. The normalized spacial score (nSPS) is 10.8. The quantitative estimate of drug-likeness (QED) is 0.861. The van der Waals surface area contributed by atoms with Crippen LogP contribution in [0.1, 0.15) is 29.6 Å². The second-order valence-corrected chi connectivity index (χ2v) is 4.28. The Morgan fingerprint density at radius 1 is 1.24 bits per heavy atom. The molecule has 0 aliphatic heterocycles. The number of nitrogens with two attached hydrogens (primary N) is 1. The van der Waals surface area contributed by atoms with E-state index < -0.39 is 0 Å². The van der Waals surface area contributed by atoms with Crippen LogP contribution in [0.5, 0.6) is 0 Å². The fourth-order valence-corrected chi connectivity index (χ4v) is 2.12. The molecule has 0 amide bonds. The molecule has 4 nitrogen and oxygen atoms in total. The minimum atomic E-state index is 0.656. The molecule has 17 heavy (non-hydrogen) atoms. The van der Waals surface area contributed by atoms with Gasteiger partial charge in [-0.15, -0.1) is 0 Å². The van der Waals surface area contributed by atoms with Crippen molar-refractivity contribution in [3.63, 3.8) is 0 Å². The van der Waals surface area contributed by atoms with Crippen LogP contribution < -0.4 is 5.73 Å². The summed E-state index contributed by atoms with van der Waals surface area (Å²) < 4.78 is 1.84. The van der Waals surface area contributed by atoms with Crippen molar-refractivity contribution in [2.45, 2.75) is 34.1 Å². The fourth-order valence-electron chi connectivity index (χ4n) is 2.12. The van der Waals surface area contributed by atoms with Gasteiger partial charge < -0.3 is 5.73 Å². The Labute approximate surface area is 101 Å². The highest BCUT2D eigenvalue weighted by atomic mass is 15.3. The molecule has 0 fully saturated rings. The van der Waals surface area contributed by atoms with Gasteiger partial charge in [-0.1, -0.05) is 6.92 Å². The number of hydrogen-bond acceptors (Lipinski definition) is 3. The molecule has 0 saturated heterocycles. The molecule has 0 unspecified atom stereocenters. The summed E-state index contributed by atoms with van der Waals surface area (Å²) in [6.45, 7) is 8.17. The van der Waals surface area contributed by atoms with Gasteiger partial charge in [0.25, 0.3) is 0 Å². The average molecular weight is 230 g/mol. The van der Waals surface area contributed by atoms with Crippen LogP contribution in [-0.2, 0) is 6.42 Å². The molecule has 2 aromatic rings. The Kier molecular flexibility index (Phi) is 2.88. The van der Waals surface area contributed by atoms with E-state index >= 15 is 0 Å². The molecule has 0 aromatic carbocycles. The van der Waals surface area contributed by atoms with E-state index in [-0.39, 0.29) is 0 Å². The number of nitrogen functional groups attached to an aromatic ring is 1. The first-order valence-electron chi connectivity index (χ1n) is 5.83. The summed E-state index contributed by atoms with van der Waals surface area (Å²) in [5.41, 5.74) is 11.0. The third-order valence-electron chi connectivity index (χ3n) is 3.04. The van der Waals surface area contributed by atoms with E-state index in [2.05, 4.69) is 23.9 Å². The fraction of sp³-hybridized carbons (Fsp3) is 0.385. The highest BCUT2D eigenvalue weighted by Gasteiger charge is 2.13. The van der Waals surface area contributed by atoms with Crippen LogP contribution in [-0.4, -0.2) is 14.8 Å². The summed E-state index contributed by atoms with van der Waals surface area (Å²) in [5, 5.41) is 4.53. The van der Waals surface area contributed by atoms with Crippen molar-refractivity contribution < 1.29 is 0 Å². The lowest BCUT2D eigenvalue weighted by molar-refractivity contribution is 0.803. The molecule has 0 bridgehead atoms. The van der Waals surface area contributed by atoms with Crippen molar-refractivity contribution in [2.24, 2.45) is 0 Å². The number of hydrogen-bond donors (Lipinski definition) is 1. The third-order valence-corrected chi connectivity index (χ3v) is 3.04. The van der Waals surface area contributed by atoms with E-state index in [1.165, 1.54) is 5.56 Å². The van der Waals surface area contributed by atoms with Gasteiger partial charge in [-0.2, -0.15) is 5.10 Å². The van der Waals surface area contributed by atoms with E-state index in [0.29, 0.717) is 5.69 Å². The molecule has 0 aliphatic carbocycles. The smallest absolute Gasteiger partial charge is 0.177 e. The minimum absolute atomic E-state index is 0.656. The molecule has 2 heterocycles.